The molecule has 0 heterocycles. The molecule has 0 fully saturated rings. The first-order chi connectivity index (χ1) is 17.6. The Morgan fingerprint density at radius 1 is 0.944 bits per heavy atom. The minimum absolute atomic E-state index is 0.152. The van der Waals surface area contributed by atoms with Gasteiger partial charge < -0.3 is 14.2 Å². The monoisotopic (exact) mass is 486 g/mol. The molecule has 7 heteroatoms. The van der Waals surface area contributed by atoms with E-state index in [0.29, 0.717) is 17.1 Å². The number of nitrogens with zero attached hydrogens (tertiary/aromatic N) is 1. The maximum absolute atomic E-state index is 12.2. The summed E-state index contributed by atoms with van der Waals surface area (Å²) in [6, 6.07) is 22.1. The smallest absolute Gasteiger partial charge is 0.336 e. The van der Waals surface area contributed by atoms with E-state index in [4.69, 9.17) is 14.2 Å². The van der Waals surface area contributed by atoms with Crippen LogP contribution in [-0.2, 0) is 16.0 Å². The highest BCUT2D eigenvalue weighted by Gasteiger charge is 2.09. The van der Waals surface area contributed by atoms with Gasteiger partial charge in [0.2, 0.25) is 0 Å². The van der Waals surface area contributed by atoms with Crippen LogP contribution >= 0.6 is 0 Å². The molecule has 1 N–H and O–H groups in total. The highest BCUT2D eigenvalue weighted by Crippen LogP contribution is 2.27. The number of hydrogen-bond acceptors (Lipinski definition) is 6. The fourth-order valence-electron chi connectivity index (χ4n) is 3.21. The second-order valence-electron chi connectivity index (χ2n) is 7.90. The molecular weight excluding hydrogens is 456 g/mol. The summed E-state index contributed by atoms with van der Waals surface area (Å²) in [5.74, 6) is 0.348. The van der Waals surface area contributed by atoms with Crippen LogP contribution in [0.5, 0.6) is 17.2 Å². The van der Waals surface area contributed by atoms with Crippen LogP contribution in [0, 0.1) is 0 Å². The number of rotatable bonds is 12. The van der Waals surface area contributed by atoms with E-state index in [0.717, 1.165) is 24.8 Å². The summed E-state index contributed by atoms with van der Waals surface area (Å²) in [6.07, 6.45) is 7.81. The van der Waals surface area contributed by atoms with E-state index < -0.39 is 5.97 Å². The summed E-state index contributed by atoms with van der Waals surface area (Å²) in [5, 5.41) is 3.95. The number of unbranched alkanes of at least 4 members (excludes halogenated alkanes) is 1. The zero-order valence-electron chi connectivity index (χ0n) is 20.5. The maximum Gasteiger partial charge on any atom is 0.336 e. The molecule has 36 heavy (non-hydrogen) atoms. The third-order valence-corrected chi connectivity index (χ3v) is 5.12. The molecule has 0 aliphatic carbocycles. The SMILES string of the molecule is CCCCc1ccc(OCC(=O)N/N=C/c2ccc(OC(=O)/C=C/c3ccccc3)c(OC)c2)cc1. The van der Waals surface area contributed by atoms with Crippen molar-refractivity contribution in [2.75, 3.05) is 13.7 Å². The zero-order valence-corrected chi connectivity index (χ0v) is 20.5. The summed E-state index contributed by atoms with van der Waals surface area (Å²) in [4.78, 5) is 24.2. The van der Waals surface area contributed by atoms with Crippen LogP contribution < -0.4 is 19.6 Å². The number of ether oxygens (including phenoxy) is 3. The van der Waals surface area contributed by atoms with Gasteiger partial charge in [-0.25, -0.2) is 10.2 Å². The Hall–Kier alpha value is -4.39. The molecule has 0 atom stereocenters. The molecule has 0 aromatic heterocycles. The van der Waals surface area contributed by atoms with Gasteiger partial charge in [0, 0.05) is 6.08 Å². The van der Waals surface area contributed by atoms with Crippen molar-refractivity contribution in [3.63, 3.8) is 0 Å². The fraction of sp³-hybridized carbons (Fsp3) is 0.207. The standard InChI is InChI=1S/C29H30N2O5/c1-3-4-8-23-11-15-25(16-12-23)35-21-28(32)31-30-20-24-13-17-26(27(19-24)34-2)36-29(33)18-14-22-9-6-5-7-10-22/h5-7,9-20H,3-4,8,21H2,1-2H3,(H,31,32)/b18-14+,30-20+. The molecule has 0 saturated heterocycles. The molecule has 0 unspecified atom stereocenters. The summed E-state index contributed by atoms with van der Waals surface area (Å²) in [6.45, 7) is 2.01. The average Bonchev–Trinajstić information content (AvgIpc) is 2.91. The van der Waals surface area contributed by atoms with Crippen LogP contribution in [0.15, 0.2) is 84.0 Å². The highest BCUT2D eigenvalue weighted by molar-refractivity contribution is 5.89. The van der Waals surface area contributed by atoms with E-state index in [9.17, 15) is 9.59 Å². The van der Waals surface area contributed by atoms with Crippen LogP contribution in [0.3, 0.4) is 0 Å². The first-order valence-corrected chi connectivity index (χ1v) is 11.7. The van der Waals surface area contributed by atoms with Gasteiger partial charge in [-0.1, -0.05) is 55.8 Å². The van der Waals surface area contributed by atoms with Crippen molar-refractivity contribution in [1.29, 1.82) is 0 Å². The molecule has 7 nitrogen and oxygen atoms in total. The van der Waals surface area contributed by atoms with Gasteiger partial charge in [0.25, 0.3) is 5.91 Å². The van der Waals surface area contributed by atoms with Crippen molar-refractivity contribution in [3.05, 3.63) is 95.6 Å². The second-order valence-corrected chi connectivity index (χ2v) is 7.90. The normalized spacial score (nSPS) is 10.9. The summed E-state index contributed by atoms with van der Waals surface area (Å²) >= 11 is 0. The molecule has 3 aromatic rings. The summed E-state index contributed by atoms with van der Waals surface area (Å²) in [5.41, 5.74) is 5.21. The van der Waals surface area contributed by atoms with Crippen LogP contribution in [0.1, 0.15) is 36.5 Å². The van der Waals surface area contributed by atoms with Gasteiger partial charge in [0.15, 0.2) is 18.1 Å². The number of methoxy groups -OCH3 is 1. The van der Waals surface area contributed by atoms with E-state index in [2.05, 4.69) is 17.5 Å². The van der Waals surface area contributed by atoms with E-state index in [1.165, 1.54) is 25.0 Å². The van der Waals surface area contributed by atoms with Crippen molar-refractivity contribution in [1.82, 2.24) is 5.43 Å². The third-order valence-electron chi connectivity index (χ3n) is 5.12. The molecule has 0 aliphatic rings. The van der Waals surface area contributed by atoms with Crippen molar-refractivity contribution in [2.45, 2.75) is 26.2 Å². The Labute approximate surface area is 211 Å². The fourth-order valence-corrected chi connectivity index (χ4v) is 3.21. The Morgan fingerprint density at radius 3 is 2.44 bits per heavy atom. The first kappa shape index (κ1) is 26.2. The molecule has 3 aromatic carbocycles. The molecule has 3 rings (SSSR count). The van der Waals surface area contributed by atoms with E-state index in [1.807, 2.05) is 54.6 Å². The number of carbonyl (C=O) groups excluding carboxylic acids is 2. The number of carbonyl (C=O) groups is 2. The van der Waals surface area contributed by atoms with E-state index in [-0.39, 0.29) is 18.3 Å². The number of hydrazone groups is 1. The minimum atomic E-state index is -0.526. The number of esters is 1. The number of hydrogen-bond donors (Lipinski definition) is 1. The van der Waals surface area contributed by atoms with Gasteiger partial charge in [-0.3, -0.25) is 4.79 Å². The Bertz CT molecular complexity index is 1190. The maximum atomic E-state index is 12.2. The molecule has 1 amide bonds. The zero-order chi connectivity index (χ0) is 25.6. The van der Waals surface area contributed by atoms with Crippen LogP contribution in [0.2, 0.25) is 0 Å². The lowest BCUT2D eigenvalue weighted by Crippen LogP contribution is -2.24. The van der Waals surface area contributed by atoms with Crippen molar-refractivity contribution in [3.8, 4) is 17.2 Å². The molecule has 0 aliphatic heterocycles. The van der Waals surface area contributed by atoms with E-state index >= 15 is 0 Å². The predicted octanol–water partition coefficient (Wildman–Crippen LogP) is 5.19. The number of aryl methyl sites for hydroxylation is 1. The van der Waals surface area contributed by atoms with Crippen LogP contribution in [-0.4, -0.2) is 31.8 Å². The number of nitrogens with one attached hydrogen (secondary N) is 1. The third kappa shape index (κ3) is 8.76. The number of amides is 1. The molecule has 0 bridgehead atoms. The first-order valence-electron chi connectivity index (χ1n) is 11.7. The Morgan fingerprint density at radius 2 is 1.72 bits per heavy atom. The molecule has 0 radical (unpaired) electrons. The van der Waals surface area contributed by atoms with Crippen LogP contribution in [0.4, 0.5) is 0 Å². The Balaban J connectivity index is 1.48. The van der Waals surface area contributed by atoms with Gasteiger partial charge in [-0.15, -0.1) is 0 Å². The predicted molar refractivity (Wildman–Crippen MR) is 140 cm³/mol. The van der Waals surface area contributed by atoms with Gasteiger partial charge >= 0.3 is 5.97 Å². The molecular formula is C29H30N2O5. The van der Waals surface area contributed by atoms with Gasteiger partial charge in [-0.2, -0.15) is 5.10 Å². The number of benzene rings is 3. The van der Waals surface area contributed by atoms with Gasteiger partial charge in [-0.05, 0) is 65.9 Å². The summed E-state index contributed by atoms with van der Waals surface area (Å²) < 4.78 is 16.2. The average molecular weight is 487 g/mol. The van der Waals surface area contributed by atoms with Crippen LogP contribution in [0.25, 0.3) is 6.08 Å². The molecule has 0 saturated carbocycles. The lowest BCUT2D eigenvalue weighted by atomic mass is 10.1. The van der Waals surface area contributed by atoms with Crippen molar-refractivity contribution >= 4 is 24.2 Å². The minimum Gasteiger partial charge on any atom is -0.493 e. The lowest BCUT2D eigenvalue weighted by molar-refractivity contribution is -0.129. The Kier molecular flexibility index (Phi) is 10.3. The van der Waals surface area contributed by atoms with Crippen molar-refractivity contribution in [2.24, 2.45) is 5.10 Å². The molecule has 0 spiro atoms. The second kappa shape index (κ2) is 14.1. The van der Waals surface area contributed by atoms with Gasteiger partial charge in [0.1, 0.15) is 5.75 Å². The quantitative estimate of drug-likeness (QED) is 0.125. The topological polar surface area (TPSA) is 86.2 Å². The van der Waals surface area contributed by atoms with Crippen molar-refractivity contribution < 1.29 is 23.8 Å². The summed E-state index contributed by atoms with van der Waals surface area (Å²) in [7, 11) is 1.48. The lowest BCUT2D eigenvalue weighted by Gasteiger charge is -2.08. The molecule has 186 valence electrons. The largest absolute Gasteiger partial charge is 0.493 e. The highest BCUT2D eigenvalue weighted by atomic mass is 16.6. The van der Waals surface area contributed by atoms with Gasteiger partial charge in [0.05, 0.1) is 13.3 Å². The van der Waals surface area contributed by atoms with E-state index in [1.54, 1.807) is 24.3 Å².